The number of hydrogen-bond acceptors (Lipinski definition) is 2. The summed E-state index contributed by atoms with van der Waals surface area (Å²) in [5.74, 6) is -0.162. The van der Waals surface area contributed by atoms with Crippen molar-refractivity contribution in [2.24, 2.45) is 5.73 Å². The predicted molar refractivity (Wildman–Crippen MR) is 78.9 cm³/mol. The van der Waals surface area contributed by atoms with Crippen LogP contribution >= 0.6 is 12.4 Å². The lowest BCUT2D eigenvalue weighted by atomic mass is 10.1. The van der Waals surface area contributed by atoms with E-state index in [0.29, 0.717) is 6.54 Å². The third kappa shape index (κ3) is 4.39. The standard InChI is InChI=1S/C15H16N2O.ClH/c16-14(13-9-5-2-6-10-13)15(18)17-11-12-7-3-1-4-8-12;/h1-10,14H,11,16H2,(H,17,18);1H. The molecule has 100 valence electrons. The highest BCUT2D eigenvalue weighted by Gasteiger charge is 2.14. The molecule has 1 atom stereocenters. The van der Waals surface area contributed by atoms with Gasteiger partial charge in [-0.05, 0) is 11.1 Å². The van der Waals surface area contributed by atoms with E-state index in [9.17, 15) is 4.79 Å². The first-order valence-corrected chi connectivity index (χ1v) is 5.89. The van der Waals surface area contributed by atoms with Crippen LogP contribution in [0.4, 0.5) is 0 Å². The highest BCUT2D eigenvalue weighted by atomic mass is 35.5. The van der Waals surface area contributed by atoms with E-state index in [4.69, 9.17) is 5.73 Å². The van der Waals surface area contributed by atoms with Gasteiger partial charge in [-0.15, -0.1) is 12.4 Å². The number of halogens is 1. The first-order valence-electron chi connectivity index (χ1n) is 5.89. The molecule has 3 N–H and O–H groups in total. The van der Waals surface area contributed by atoms with E-state index in [1.54, 1.807) is 0 Å². The van der Waals surface area contributed by atoms with Crippen molar-refractivity contribution < 1.29 is 4.79 Å². The summed E-state index contributed by atoms with van der Waals surface area (Å²) in [5, 5.41) is 2.83. The molecule has 3 nitrogen and oxygen atoms in total. The molecular weight excluding hydrogens is 260 g/mol. The van der Waals surface area contributed by atoms with Gasteiger partial charge in [-0.2, -0.15) is 0 Å². The van der Waals surface area contributed by atoms with Gasteiger partial charge in [0.05, 0.1) is 0 Å². The highest BCUT2D eigenvalue weighted by molar-refractivity contribution is 5.85. The lowest BCUT2D eigenvalue weighted by molar-refractivity contribution is -0.122. The van der Waals surface area contributed by atoms with Crippen molar-refractivity contribution in [2.45, 2.75) is 12.6 Å². The summed E-state index contributed by atoms with van der Waals surface area (Å²) < 4.78 is 0. The van der Waals surface area contributed by atoms with Gasteiger partial charge >= 0.3 is 0 Å². The van der Waals surface area contributed by atoms with E-state index < -0.39 is 6.04 Å². The predicted octanol–water partition coefficient (Wildman–Crippen LogP) is 2.42. The molecule has 2 rings (SSSR count). The molecule has 0 saturated carbocycles. The third-order valence-electron chi connectivity index (χ3n) is 2.75. The Morgan fingerprint density at radius 3 is 2.11 bits per heavy atom. The van der Waals surface area contributed by atoms with Gasteiger partial charge in [-0.3, -0.25) is 4.79 Å². The van der Waals surface area contributed by atoms with Gasteiger partial charge in [0, 0.05) is 6.54 Å². The summed E-state index contributed by atoms with van der Waals surface area (Å²) in [6.45, 7) is 0.500. The largest absolute Gasteiger partial charge is 0.350 e. The lowest BCUT2D eigenvalue weighted by Gasteiger charge is -2.12. The molecular formula is C15H17ClN2O. The number of hydrogen-bond donors (Lipinski definition) is 2. The number of nitrogens with one attached hydrogen (secondary N) is 1. The van der Waals surface area contributed by atoms with Gasteiger partial charge in [0.1, 0.15) is 6.04 Å². The van der Waals surface area contributed by atoms with Gasteiger partial charge in [-0.1, -0.05) is 60.7 Å². The Morgan fingerprint density at radius 2 is 1.53 bits per heavy atom. The molecule has 0 spiro atoms. The van der Waals surface area contributed by atoms with Crippen molar-refractivity contribution in [3.8, 4) is 0 Å². The summed E-state index contributed by atoms with van der Waals surface area (Å²) in [4.78, 5) is 11.9. The van der Waals surface area contributed by atoms with E-state index in [1.165, 1.54) is 0 Å². The normalized spacial score (nSPS) is 11.2. The van der Waals surface area contributed by atoms with E-state index >= 15 is 0 Å². The van der Waals surface area contributed by atoms with Crippen molar-refractivity contribution in [2.75, 3.05) is 0 Å². The van der Waals surface area contributed by atoms with Crippen molar-refractivity contribution >= 4 is 18.3 Å². The van der Waals surface area contributed by atoms with Crippen molar-refractivity contribution in [3.63, 3.8) is 0 Å². The average Bonchev–Trinajstić information content (AvgIpc) is 2.46. The molecule has 1 unspecified atom stereocenters. The minimum Gasteiger partial charge on any atom is -0.350 e. The number of benzene rings is 2. The second kappa shape index (κ2) is 7.56. The second-order valence-electron chi connectivity index (χ2n) is 4.09. The van der Waals surface area contributed by atoms with Gasteiger partial charge in [0.25, 0.3) is 0 Å². The van der Waals surface area contributed by atoms with Crippen LogP contribution in [0.2, 0.25) is 0 Å². The van der Waals surface area contributed by atoms with Crippen LogP contribution in [0, 0.1) is 0 Å². The van der Waals surface area contributed by atoms with Crippen LogP contribution in [-0.2, 0) is 11.3 Å². The molecule has 0 bridgehead atoms. The molecule has 1 amide bonds. The molecule has 2 aromatic carbocycles. The first kappa shape index (κ1) is 15.2. The SMILES string of the molecule is Cl.NC(C(=O)NCc1ccccc1)c1ccccc1. The van der Waals surface area contributed by atoms with Crippen LogP contribution in [0.15, 0.2) is 60.7 Å². The molecule has 0 radical (unpaired) electrons. The monoisotopic (exact) mass is 276 g/mol. The fraction of sp³-hybridized carbons (Fsp3) is 0.133. The summed E-state index contributed by atoms with van der Waals surface area (Å²) in [5.41, 5.74) is 7.77. The minimum atomic E-state index is -0.616. The molecule has 4 heteroatoms. The maximum atomic E-state index is 11.9. The smallest absolute Gasteiger partial charge is 0.241 e. The van der Waals surface area contributed by atoms with Gasteiger partial charge in [-0.25, -0.2) is 0 Å². The summed E-state index contributed by atoms with van der Waals surface area (Å²) in [6, 6.07) is 18.5. The Hall–Kier alpha value is -1.84. The van der Waals surface area contributed by atoms with Crippen molar-refractivity contribution in [1.82, 2.24) is 5.32 Å². The second-order valence-corrected chi connectivity index (χ2v) is 4.09. The molecule has 0 aromatic heterocycles. The quantitative estimate of drug-likeness (QED) is 0.901. The molecule has 0 aliphatic carbocycles. The molecule has 0 heterocycles. The lowest BCUT2D eigenvalue weighted by Crippen LogP contribution is -2.33. The average molecular weight is 277 g/mol. The van der Waals surface area contributed by atoms with E-state index in [-0.39, 0.29) is 18.3 Å². The zero-order chi connectivity index (χ0) is 12.8. The molecule has 2 aromatic rings. The topological polar surface area (TPSA) is 55.1 Å². The summed E-state index contributed by atoms with van der Waals surface area (Å²) in [7, 11) is 0. The highest BCUT2D eigenvalue weighted by Crippen LogP contribution is 2.09. The van der Waals surface area contributed by atoms with E-state index in [2.05, 4.69) is 5.32 Å². The van der Waals surface area contributed by atoms with Crippen LogP contribution in [0.5, 0.6) is 0 Å². The zero-order valence-electron chi connectivity index (χ0n) is 10.5. The molecule has 19 heavy (non-hydrogen) atoms. The van der Waals surface area contributed by atoms with Gasteiger partial charge < -0.3 is 11.1 Å². The third-order valence-corrected chi connectivity index (χ3v) is 2.75. The number of carbonyl (C=O) groups is 1. The molecule has 0 aliphatic heterocycles. The Labute approximate surface area is 119 Å². The maximum absolute atomic E-state index is 11.9. The minimum absolute atomic E-state index is 0. The van der Waals surface area contributed by atoms with Crippen LogP contribution in [0.25, 0.3) is 0 Å². The Bertz CT molecular complexity index is 502. The summed E-state index contributed by atoms with van der Waals surface area (Å²) >= 11 is 0. The summed E-state index contributed by atoms with van der Waals surface area (Å²) in [6.07, 6.45) is 0. The van der Waals surface area contributed by atoms with Crippen molar-refractivity contribution in [1.29, 1.82) is 0 Å². The van der Waals surface area contributed by atoms with E-state index in [1.807, 2.05) is 60.7 Å². The van der Waals surface area contributed by atoms with E-state index in [0.717, 1.165) is 11.1 Å². The fourth-order valence-electron chi connectivity index (χ4n) is 1.71. The maximum Gasteiger partial charge on any atom is 0.241 e. The van der Waals surface area contributed by atoms with Gasteiger partial charge in [0.15, 0.2) is 0 Å². The molecule has 0 fully saturated rings. The molecule has 0 aliphatic rings. The molecule has 0 saturated heterocycles. The Kier molecular flexibility index (Phi) is 6.06. The van der Waals surface area contributed by atoms with Crippen LogP contribution < -0.4 is 11.1 Å². The first-order chi connectivity index (χ1) is 8.77. The van der Waals surface area contributed by atoms with Crippen molar-refractivity contribution in [3.05, 3.63) is 71.8 Å². The van der Waals surface area contributed by atoms with Gasteiger partial charge in [0.2, 0.25) is 5.91 Å². The number of nitrogens with two attached hydrogens (primary N) is 1. The Balaban J connectivity index is 0.00000180. The number of carbonyl (C=O) groups excluding carboxylic acids is 1. The number of rotatable bonds is 4. The van der Waals surface area contributed by atoms with Crippen LogP contribution in [0.3, 0.4) is 0 Å². The zero-order valence-corrected chi connectivity index (χ0v) is 11.3. The Morgan fingerprint density at radius 1 is 1.00 bits per heavy atom. The van der Waals surface area contributed by atoms with Crippen LogP contribution in [-0.4, -0.2) is 5.91 Å². The fourth-order valence-corrected chi connectivity index (χ4v) is 1.71. The number of amides is 1. The van der Waals surface area contributed by atoms with Crippen LogP contribution in [0.1, 0.15) is 17.2 Å².